The fourth-order valence-electron chi connectivity index (χ4n) is 1.96. The monoisotopic (exact) mass is 216 g/mol. The second-order valence-corrected chi connectivity index (χ2v) is 4.11. The van der Waals surface area contributed by atoms with Gasteiger partial charge in [0.1, 0.15) is 11.6 Å². The Balaban J connectivity index is 2.20. The zero-order valence-electron chi connectivity index (χ0n) is 9.62. The molecule has 0 saturated heterocycles. The Morgan fingerprint density at radius 3 is 3.12 bits per heavy atom. The molecule has 0 radical (unpaired) electrons. The number of pyridine rings is 1. The van der Waals surface area contributed by atoms with Crippen LogP contribution in [0.15, 0.2) is 6.07 Å². The molecule has 0 amide bonds. The van der Waals surface area contributed by atoms with Crippen LogP contribution in [0.25, 0.3) is 0 Å². The number of fused-ring (bicyclic) bond motifs is 1. The Hall–Kier alpha value is -1.56. The first-order valence-electron chi connectivity index (χ1n) is 5.91. The molecule has 0 saturated carbocycles. The molecule has 0 bridgehead atoms. The number of unbranched alkanes of at least 4 members (excludes halogenated alkanes) is 1. The fourth-order valence-corrected chi connectivity index (χ4v) is 1.96. The average molecular weight is 216 g/mol. The number of hydrogen-bond acceptors (Lipinski definition) is 3. The molecule has 1 aliphatic rings. The first-order chi connectivity index (χ1) is 7.85. The maximum absolute atomic E-state index is 9.04. The minimum absolute atomic E-state index is 0.525. The van der Waals surface area contributed by atoms with Crippen molar-refractivity contribution in [2.75, 3.05) is 6.61 Å². The Morgan fingerprint density at radius 1 is 1.50 bits per heavy atom. The van der Waals surface area contributed by atoms with Crippen molar-refractivity contribution in [2.45, 2.75) is 39.0 Å². The van der Waals surface area contributed by atoms with Gasteiger partial charge in [0, 0.05) is 5.69 Å². The van der Waals surface area contributed by atoms with E-state index in [-0.39, 0.29) is 0 Å². The van der Waals surface area contributed by atoms with Crippen molar-refractivity contribution in [3.8, 4) is 11.9 Å². The highest BCUT2D eigenvalue weighted by molar-refractivity contribution is 5.44. The number of nitrogens with zero attached hydrogens (tertiary/aromatic N) is 2. The van der Waals surface area contributed by atoms with Crippen molar-refractivity contribution >= 4 is 0 Å². The van der Waals surface area contributed by atoms with E-state index in [1.807, 2.05) is 6.07 Å². The third kappa shape index (κ3) is 2.16. The summed E-state index contributed by atoms with van der Waals surface area (Å²) in [4.78, 5) is 4.45. The van der Waals surface area contributed by atoms with Crippen molar-refractivity contribution < 1.29 is 4.74 Å². The van der Waals surface area contributed by atoms with Crippen LogP contribution in [0.2, 0.25) is 0 Å². The maximum atomic E-state index is 9.04. The molecule has 0 spiro atoms. The van der Waals surface area contributed by atoms with Gasteiger partial charge < -0.3 is 4.74 Å². The summed E-state index contributed by atoms with van der Waals surface area (Å²) in [6, 6.07) is 4.11. The summed E-state index contributed by atoms with van der Waals surface area (Å²) in [5.74, 6) is 0.525. The maximum Gasteiger partial charge on any atom is 0.231 e. The van der Waals surface area contributed by atoms with Crippen LogP contribution in [0.5, 0.6) is 5.88 Å². The Morgan fingerprint density at radius 2 is 2.38 bits per heavy atom. The molecule has 0 atom stereocenters. The van der Waals surface area contributed by atoms with Gasteiger partial charge in [-0.1, -0.05) is 13.3 Å². The van der Waals surface area contributed by atoms with Crippen LogP contribution in [-0.2, 0) is 12.8 Å². The summed E-state index contributed by atoms with van der Waals surface area (Å²) in [6.45, 7) is 2.77. The van der Waals surface area contributed by atoms with Gasteiger partial charge in [-0.05, 0) is 37.3 Å². The van der Waals surface area contributed by atoms with Crippen molar-refractivity contribution in [3.05, 3.63) is 22.9 Å². The largest absolute Gasteiger partial charge is 0.477 e. The number of nitriles is 1. The number of hydrogen-bond donors (Lipinski definition) is 0. The van der Waals surface area contributed by atoms with Gasteiger partial charge in [0.05, 0.1) is 6.61 Å². The van der Waals surface area contributed by atoms with Crippen LogP contribution in [0, 0.1) is 11.3 Å². The zero-order chi connectivity index (χ0) is 11.4. The van der Waals surface area contributed by atoms with Crippen LogP contribution in [0.3, 0.4) is 0 Å². The summed E-state index contributed by atoms with van der Waals surface area (Å²) < 4.78 is 5.56. The molecular formula is C13H16N2O. The molecule has 0 N–H and O–H groups in total. The van der Waals surface area contributed by atoms with Crippen molar-refractivity contribution in [1.82, 2.24) is 4.98 Å². The van der Waals surface area contributed by atoms with E-state index in [2.05, 4.69) is 18.0 Å². The van der Waals surface area contributed by atoms with Gasteiger partial charge in [-0.25, -0.2) is 4.98 Å². The van der Waals surface area contributed by atoms with Gasteiger partial charge in [-0.15, -0.1) is 0 Å². The Kier molecular flexibility index (Phi) is 3.40. The highest BCUT2D eigenvalue weighted by Crippen LogP contribution is 2.26. The summed E-state index contributed by atoms with van der Waals surface area (Å²) in [5.41, 5.74) is 2.92. The highest BCUT2D eigenvalue weighted by Gasteiger charge is 2.16. The third-order valence-electron chi connectivity index (χ3n) is 2.87. The van der Waals surface area contributed by atoms with E-state index >= 15 is 0 Å². The zero-order valence-corrected chi connectivity index (χ0v) is 9.62. The molecule has 1 aromatic rings. The quantitative estimate of drug-likeness (QED) is 0.727. The first kappa shape index (κ1) is 10.9. The van der Waals surface area contributed by atoms with Crippen molar-refractivity contribution in [2.24, 2.45) is 0 Å². The first-order valence-corrected chi connectivity index (χ1v) is 5.91. The van der Waals surface area contributed by atoms with Crippen molar-refractivity contribution in [1.29, 1.82) is 5.26 Å². The fraction of sp³-hybridized carbons (Fsp3) is 0.538. The van der Waals surface area contributed by atoms with Crippen LogP contribution in [0.1, 0.15) is 43.0 Å². The van der Waals surface area contributed by atoms with Crippen LogP contribution in [0.4, 0.5) is 0 Å². The normalized spacial score (nSPS) is 13.2. The SMILES string of the molecule is CCCCOc1nc2c(cc1C#N)CCC2. The summed E-state index contributed by atoms with van der Waals surface area (Å²) >= 11 is 0. The van der Waals surface area contributed by atoms with Gasteiger partial charge >= 0.3 is 0 Å². The number of ether oxygens (including phenoxy) is 1. The molecule has 84 valence electrons. The van der Waals surface area contributed by atoms with E-state index in [1.165, 1.54) is 5.56 Å². The summed E-state index contributed by atoms with van der Waals surface area (Å²) in [6.07, 6.45) is 5.31. The standard InChI is InChI=1S/C13H16N2O/c1-2-3-7-16-13-11(9-14)8-10-5-4-6-12(10)15-13/h8H,2-7H2,1H3. The average Bonchev–Trinajstić information content (AvgIpc) is 2.75. The second-order valence-electron chi connectivity index (χ2n) is 4.11. The Labute approximate surface area is 96.1 Å². The molecule has 3 nitrogen and oxygen atoms in total. The molecule has 16 heavy (non-hydrogen) atoms. The van der Waals surface area contributed by atoms with Gasteiger partial charge in [0.2, 0.25) is 5.88 Å². The number of aryl methyl sites for hydroxylation is 2. The van der Waals surface area contributed by atoms with Gasteiger partial charge in [0.25, 0.3) is 0 Å². The van der Waals surface area contributed by atoms with Gasteiger partial charge in [-0.3, -0.25) is 0 Å². The summed E-state index contributed by atoms with van der Waals surface area (Å²) in [5, 5.41) is 9.04. The van der Waals surface area contributed by atoms with E-state index in [0.29, 0.717) is 18.1 Å². The van der Waals surface area contributed by atoms with E-state index in [9.17, 15) is 0 Å². The second kappa shape index (κ2) is 4.98. The smallest absolute Gasteiger partial charge is 0.231 e. The molecule has 3 heteroatoms. The summed E-state index contributed by atoms with van der Waals surface area (Å²) in [7, 11) is 0. The minimum atomic E-state index is 0.525. The predicted octanol–water partition coefficient (Wildman–Crippen LogP) is 2.62. The molecule has 0 fully saturated rings. The lowest BCUT2D eigenvalue weighted by Gasteiger charge is -2.08. The molecule has 2 rings (SSSR count). The minimum Gasteiger partial charge on any atom is -0.477 e. The molecule has 0 aliphatic heterocycles. The molecule has 1 aromatic heterocycles. The lowest BCUT2D eigenvalue weighted by Crippen LogP contribution is -2.03. The predicted molar refractivity (Wildman–Crippen MR) is 61.4 cm³/mol. The lowest BCUT2D eigenvalue weighted by molar-refractivity contribution is 0.296. The molecule has 1 heterocycles. The van der Waals surface area contributed by atoms with Crippen LogP contribution >= 0.6 is 0 Å². The Bertz CT molecular complexity index is 421. The van der Waals surface area contributed by atoms with Gasteiger partial charge in [-0.2, -0.15) is 5.26 Å². The highest BCUT2D eigenvalue weighted by atomic mass is 16.5. The van der Waals surface area contributed by atoms with Crippen molar-refractivity contribution in [3.63, 3.8) is 0 Å². The van der Waals surface area contributed by atoms with Gasteiger partial charge in [0.15, 0.2) is 0 Å². The number of aromatic nitrogens is 1. The van der Waals surface area contributed by atoms with E-state index in [4.69, 9.17) is 10.00 Å². The molecule has 0 aromatic carbocycles. The topological polar surface area (TPSA) is 45.9 Å². The lowest BCUT2D eigenvalue weighted by atomic mass is 10.1. The molecule has 1 aliphatic carbocycles. The van der Waals surface area contributed by atoms with E-state index < -0.39 is 0 Å². The van der Waals surface area contributed by atoms with E-state index in [1.54, 1.807) is 0 Å². The van der Waals surface area contributed by atoms with Crippen LogP contribution < -0.4 is 4.74 Å². The number of rotatable bonds is 4. The molecule has 0 unspecified atom stereocenters. The van der Waals surface area contributed by atoms with E-state index in [0.717, 1.165) is 37.8 Å². The molecular weight excluding hydrogens is 200 g/mol. The van der Waals surface area contributed by atoms with Crippen LogP contribution in [-0.4, -0.2) is 11.6 Å². The third-order valence-corrected chi connectivity index (χ3v) is 2.87.